The van der Waals surface area contributed by atoms with E-state index in [0.717, 1.165) is 28.1 Å². The Balaban J connectivity index is 1.77. The fraction of sp³-hybridized carbons (Fsp3) is 0.556. The highest BCUT2D eigenvalue weighted by Crippen LogP contribution is 2.40. The standard InChI is InChI=1S/C18H23N3O/c1-11(22)18(2)10-19-14-9-16-15(8-13(14)18)20-17(21-16)12-6-4-3-5-7-12/h8-9,12,19H,3-7,10H2,1-2H3,(H,20,21). The third-order valence-electron chi connectivity index (χ3n) is 5.64. The molecule has 0 spiro atoms. The van der Waals surface area contributed by atoms with Gasteiger partial charge in [0.1, 0.15) is 11.6 Å². The fourth-order valence-electron chi connectivity index (χ4n) is 3.93. The normalized spacial score (nSPS) is 25.2. The summed E-state index contributed by atoms with van der Waals surface area (Å²) in [6.45, 7) is 4.39. The number of aromatic amines is 1. The van der Waals surface area contributed by atoms with Gasteiger partial charge in [-0.15, -0.1) is 0 Å². The van der Waals surface area contributed by atoms with Crippen LogP contribution in [0, 0.1) is 0 Å². The zero-order chi connectivity index (χ0) is 15.3. The van der Waals surface area contributed by atoms with Crippen LogP contribution in [-0.2, 0) is 10.2 Å². The molecule has 0 amide bonds. The first kappa shape index (κ1) is 13.8. The number of carbonyl (C=O) groups excluding carboxylic acids is 1. The number of aromatic nitrogens is 2. The van der Waals surface area contributed by atoms with E-state index in [2.05, 4.69) is 22.4 Å². The van der Waals surface area contributed by atoms with Gasteiger partial charge in [-0.1, -0.05) is 19.3 Å². The Hall–Kier alpha value is -1.84. The van der Waals surface area contributed by atoms with Gasteiger partial charge in [0.2, 0.25) is 0 Å². The molecule has 2 aromatic rings. The maximum Gasteiger partial charge on any atom is 0.141 e. The Morgan fingerprint density at radius 2 is 2.05 bits per heavy atom. The highest BCUT2D eigenvalue weighted by molar-refractivity contribution is 5.95. The third kappa shape index (κ3) is 1.97. The molecular weight excluding hydrogens is 274 g/mol. The second kappa shape index (κ2) is 4.83. The van der Waals surface area contributed by atoms with Gasteiger partial charge in [-0.05, 0) is 44.4 Å². The summed E-state index contributed by atoms with van der Waals surface area (Å²) in [7, 11) is 0. The van der Waals surface area contributed by atoms with Crippen molar-refractivity contribution in [2.24, 2.45) is 0 Å². The average molecular weight is 297 g/mol. The van der Waals surface area contributed by atoms with Crippen molar-refractivity contribution in [3.05, 3.63) is 23.5 Å². The van der Waals surface area contributed by atoms with Gasteiger partial charge in [-0.2, -0.15) is 0 Å². The third-order valence-corrected chi connectivity index (χ3v) is 5.64. The van der Waals surface area contributed by atoms with Crippen molar-refractivity contribution < 1.29 is 4.79 Å². The van der Waals surface area contributed by atoms with Crippen molar-refractivity contribution >= 4 is 22.5 Å². The van der Waals surface area contributed by atoms with Crippen LogP contribution in [0.25, 0.3) is 11.0 Å². The van der Waals surface area contributed by atoms with Gasteiger partial charge in [0.25, 0.3) is 0 Å². The van der Waals surface area contributed by atoms with Crippen LogP contribution in [0.3, 0.4) is 0 Å². The average Bonchev–Trinajstić information content (AvgIpc) is 3.08. The smallest absolute Gasteiger partial charge is 0.141 e. The van der Waals surface area contributed by atoms with Gasteiger partial charge < -0.3 is 10.3 Å². The van der Waals surface area contributed by atoms with Gasteiger partial charge in [0.15, 0.2) is 0 Å². The van der Waals surface area contributed by atoms with Gasteiger partial charge in [-0.25, -0.2) is 4.98 Å². The molecule has 4 rings (SSSR count). The van der Waals surface area contributed by atoms with Crippen LogP contribution >= 0.6 is 0 Å². The Morgan fingerprint density at radius 3 is 2.77 bits per heavy atom. The summed E-state index contributed by atoms with van der Waals surface area (Å²) >= 11 is 0. The number of nitrogens with one attached hydrogen (secondary N) is 2. The van der Waals surface area contributed by atoms with E-state index >= 15 is 0 Å². The number of carbonyl (C=O) groups is 1. The highest BCUT2D eigenvalue weighted by atomic mass is 16.1. The van der Waals surface area contributed by atoms with Crippen molar-refractivity contribution in [2.45, 2.75) is 57.3 Å². The minimum Gasteiger partial charge on any atom is -0.383 e. The lowest BCUT2D eigenvalue weighted by molar-refractivity contribution is -0.121. The molecule has 0 saturated heterocycles. The van der Waals surface area contributed by atoms with Crippen LogP contribution < -0.4 is 5.32 Å². The van der Waals surface area contributed by atoms with Crippen LogP contribution in [0.1, 0.15) is 63.3 Å². The molecule has 22 heavy (non-hydrogen) atoms. The van der Waals surface area contributed by atoms with Crippen molar-refractivity contribution in [1.82, 2.24) is 9.97 Å². The molecular formula is C18H23N3O. The van der Waals surface area contributed by atoms with E-state index in [1.165, 1.54) is 32.1 Å². The molecule has 4 heteroatoms. The highest BCUT2D eigenvalue weighted by Gasteiger charge is 2.39. The van der Waals surface area contributed by atoms with E-state index in [-0.39, 0.29) is 5.78 Å². The SMILES string of the molecule is CC(=O)C1(C)CNc2cc3nc(C4CCCCC4)[nH]c3cc21. The van der Waals surface area contributed by atoms with Gasteiger partial charge >= 0.3 is 0 Å². The predicted molar refractivity (Wildman–Crippen MR) is 88.4 cm³/mol. The molecule has 1 saturated carbocycles. The topological polar surface area (TPSA) is 57.8 Å². The second-order valence-corrected chi connectivity index (χ2v) is 7.11. The molecule has 1 aromatic heterocycles. The lowest BCUT2D eigenvalue weighted by Gasteiger charge is -2.20. The van der Waals surface area contributed by atoms with Gasteiger partial charge in [0, 0.05) is 18.2 Å². The first-order chi connectivity index (χ1) is 10.6. The van der Waals surface area contributed by atoms with Crippen molar-refractivity contribution in [1.29, 1.82) is 0 Å². The summed E-state index contributed by atoms with van der Waals surface area (Å²) in [5, 5.41) is 3.38. The molecule has 2 heterocycles. The van der Waals surface area contributed by atoms with Gasteiger partial charge in [-0.3, -0.25) is 4.79 Å². The molecule has 1 aliphatic heterocycles. The summed E-state index contributed by atoms with van der Waals surface area (Å²) in [6, 6.07) is 4.23. The molecule has 0 bridgehead atoms. The van der Waals surface area contributed by atoms with E-state index in [9.17, 15) is 4.79 Å². The second-order valence-electron chi connectivity index (χ2n) is 7.11. The molecule has 116 valence electrons. The number of rotatable bonds is 2. The monoisotopic (exact) mass is 297 g/mol. The van der Waals surface area contributed by atoms with Crippen LogP contribution in [0.15, 0.2) is 12.1 Å². The van der Waals surface area contributed by atoms with E-state index in [0.29, 0.717) is 12.5 Å². The van der Waals surface area contributed by atoms with Crippen molar-refractivity contribution in [2.75, 3.05) is 11.9 Å². The predicted octanol–water partition coefficient (Wildman–Crippen LogP) is 3.88. The number of imidazole rings is 1. The van der Waals surface area contributed by atoms with E-state index in [1.54, 1.807) is 6.92 Å². The summed E-state index contributed by atoms with van der Waals surface area (Å²) in [5.74, 6) is 1.91. The molecule has 2 N–H and O–H groups in total. The van der Waals surface area contributed by atoms with Crippen LogP contribution in [0.5, 0.6) is 0 Å². The number of Topliss-reactive ketones (excluding diaryl/α,β-unsaturated/α-hetero) is 1. The zero-order valence-corrected chi connectivity index (χ0v) is 13.3. The Morgan fingerprint density at radius 1 is 1.27 bits per heavy atom. The molecule has 1 fully saturated rings. The van der Waals surface area contributed by atoms with Crippen LogP contribution in [0.4, 0.5) is 5.69 Å². The maximum atomic E-state index is 12.1. The molecule has 1 aliphatic carbocycles. The minimum absolute atomic E-state index is 0.213. The number of H-pyrrole nitrogens is 1. The van der Waals surface area contributed by atoms with Crippen molar-refractivity contribution in [3.63, 3.8) is 0 Å². The molecule has 1 aromatic carbocycles. The Bertz CT molecular complexity index is 742. The molecule has 0 radical (unpaired) electrons. The molecule has 4 nitrogen and oxygen atoms in total. The summed E-state index contributed by atoms with van der Waals surface area (Å²) in [5.41, 5.74) is 3.83. The first-order valence-corrected chi connectivity index (χ1v) is 8.37. The number of anilines is 1. The Kier molecular flexibility index (Phi) is 3.03. The molecule has 2 aliphatic rings. The number of ketones is 1. The summed E-state index contributed by atoms with van der Waals surface area (Å²) in [6.07, 6.45) is 6.45. The number of benzene rings is 1. The molecule has 1 atom stereocenters. The quantitative estimate of drug-likeness (QED) is 0.884. The number of nitrogens with zero attached hydrogens (tertiary/aromatic N) is 1. The van der Waals surface area contributed by atoms with Gasteiger partial charge in [0.05, 0.1) is 16.4 Å². The van der Waals surface area contributed by atoms with Crippen LogP contribution in [0.2, 0.25) is 0 Å². The van der Waals surface area contributed by atoms with Crippen molar-refractivity contribution in [3.8, 4) is 0 Å². The largest absolute Gasteiger partial charge is 0.383 e. The van der Waals surface area contributed by atoms with E-state index < -0.39 is 5.41 Å². The maximum absolute atomic E-state index is 12.1. The molecule has 1 unspecified atom stereocenters. The number of hydrogen-bond acceptors (Lipinski definition) is 3. The fourth-order valence-corrected chi connectivity index (χ4v) is 3.93. The lowest BCUT2D eigenvalue weighted by atomic mass is 9.81. The van der Waals surface area contributed by atoms with E-state index in [1.807, 2.05) is 6.92 Å². The van der Waals surface area contributed by atoms with E-state index in [4.69, 9.17) is 4.98 Å². The Labute approximate surface area is 130 Å². The first-order valence-electron chi connectivity index (χ1n) is 8.37. The summed E-state index contributed by atoms with van der Waals surface area (Å²) in [4.78, 5) is 20.4. The summed E-state index contributed by atoms with van der Waals surface area (Å²) < 4.78 is 0. The number of fused-ring (bicyclic) bond motifs is 2. The van der Waals surface area contributed by atoms with Crippen LogP contribution in [-0.4, -0.2) is 22.3 Å². The number of hydrogen-bond donors (Lipinski definition) is 2. The minimum atomic E-state index is -0.417. The zero-order valence-electron chi connectivity index (χ0n) is 13.3. The lowest BCUT2D eigenvalue weighted by Crippen LogP contribution is -2.32.